The van der Waals surface area contributed by atoms with Crippen LogP contribution in [0.1, 0.15) is 11.1 Å². The molecule has 5 rings (SSSR count). The Morgan fingerprint density at radius 2 is 1.53 bits per heavy atom. The molecule has 1 unspecified atom stereocenters. The second-order valence-electron chi connectivity index (χ2n) is 7.49. The van der Waals surface area contributed by atoms with Crippen LogP contribution < -0.4 is 10.1 Å². The highest BCUT2D eigenvalue weighted by atomic mass is 32.1. The van der Waals surface area contributed by atoms with Crippen LogP contribution in [0.15, 0.2) is 84.2 Å². The number of fused-ring (bicyclic) bond motifs is 1. The van der Waals surface area contributed by atoms with E-state index in [-0.39, 0.29) is 5.76 Å². The summed E-state index contributed by atoms with van der Waals surface area (Å²) in [5.41, 5.74) is 5.86. The fraction of sp³-hybridized carbons (Fsp3) is 0.0741. The molecule has 1 aliphatic heterocycles. The number of thiophene rings is 1. The minimum absolute atomic E-state index is 0.116. The summed E-state index contributed by atoms with van der Waals surface area (Å²) in [5.74, 6) is 0.858. The first-order chi connectivity index (χ1) is 15.7. The van der Waals surface area contributed by atoms with Gasteiger partial charge in [-0.05, 0) is 11.1 Å². The molecule has 0 saturated heterocycles. The highest BCUT2D eigenvalue weighted by molar-refractivity contribution is 7.15. The van der Waals surface area contributed by atoms with E-state index in [1.54, 1.807) is 7.11 Å². The lowest BCUT2D eigenvalue weighted by molar-refractivity contribution is -0.107. The summed E-state index contributed by atoms with van der Waals surface area (Å²) in [6, 6.07) is 25.0. The van der Waals surface area contributed by atoms with Crippen LogP contribution in [0.3, 0.4) is 0 Å². The van der Waals surface area contributed by atoms with E-state index in [0.717, 1.165) is 44.9 Å². The maximum Gasteiger partial charge on any atom is 0.146 e. The summed E-state index contributed by atoms with van der Waals surface area (Å²) in [5, 5.41) is 17.5. The molecule has 1 atom stereocenters. The Labute approximate surface area is 190 Å². The lowest BCUT2D eigenvalue weighted by atomic mass is 9.89. The zero-order chi connectivity index (χ0) is 22.1. The minimum Gasteiger partial charge on any atom is -0.507 e. The molecule has 5 heteroatoms. The van der Waals surface area contributed by atoms with Gasteiger partial charge >= 0.3 is 0 Å². The average Bonchev–Trinajstić information content (AvgIpc) is 3.28. The number of para-hydroxylation sites is 1. The van der Waals surface area contributed by atoms with Gasteiger partial charge in [-0.3, -0.25) is 0 Å². The summed E-state index contributed by atoms with van der Waals surface area (Å²) >= 11 is 1.47. The third kappa shape index (κ3) is 3.27. The molecular formula is C27H21NO3S. The maximum atomic E-state index is 11.9. The van der Waals surface area contributed by atoms with E-state index in [1.165, 1.54) is 11.3 Å². The van der Waals surface area contributed by atoms with Crippen LogP contribution in [0.2, 0.25) is 0 Å². The first-order valence-corrected chi connectivity index (χ1v) is 11.2. The molecule has 0 aliphatic carbocycles. The third-order valence-corrected chi connectivity index (χ3v) is 6.61. The summed E-state index contributed by atoms with van der Waals surface area (Å²) < 4.78 is 5.87. The van der Waals surface area contributed by atoms with Crippen molar-refractivity contribution in [2.45, 2.75) is 6.04 Å². The molecule has 158 valence electrons. The van der Waals surface area contributed by atoms with E-state index in [2.05, 4.69) is 5.32 Å². The van der Waals surface area contributed by atoms with Crippen LogP contribution in [0, 0.1) is 0 Å². The van der Waals surface area contributed by atoms with Crippen LogP contribution in [0.25, 0.3) is 33.6 Å². The van der Waals surface area contributed by atoms with Crippen molar-refractivity contribution < 1.29 is 14.6 Å². The van der Waals surface area contributed by atoms with Crippen molar-refractivity contribution in [3.63, 3.8) is 0 Å². The van der Waals surface area contributed by atoms with Crippen molar-refractivity contribution in [2.75, 3.05) is 12.4 Å². The van der Waals surface area contributed by atoms with Crippen molar-refractivity contribution in [1.29, 1.82) is 0 Å². The summed E-state index contributed by atoms with van der Waals surface area (Å²) in [7, 11) is 1.66. The number of carbonyl (C=O) groups is 1. The molecule has 0 amide bonds. The Morgan fingerprint density at radius 1 is 0.875 bits per heavy atom. The number of aliphatic hydroxyl groups is 1. The molecule has 0 saturated carbocycles. The lowest BCUT2D eigenvalue weighted by Gasteiger charge is -2.25. The zero-order valence-corrected chi connectivity index (χ0v) is 18.2. The summed E-state index contributed by atoms with van der Waals surface area (Å²) in [4.78, 5) is 11.9. The van der Waals surface area contributed by atoms with Crippen LogP contribution in [0.5, 0.6) is 5.75 Å². The average molecular weight is 440 g/mol. The summed E-state index contributed by atoms with van der Waals surface area (Å²) in [6.07, 6.45) is 0.831. The Morgan fingerprint density at radius 3 is 2.19 bits per heavy atom. The highest BCUT2D eigenvalue weighted by Gasteiger charge is 2.32. The van der Waals surface area contributed by atoms with Crippen LogP contribution in [-0.2, 0) is 4.79 Å². The normalized spacial score (nSPS) is 15.1. The van der Waals surface area contributed by atoms with Crippen molar-refractivity contribution >= 4 is 34.0 Å². The molecule has 4 aromatic rings. The SMILES string of the molecule is COc1c(-c2ccccc2)cccc1-c1csc2c1C(O)=C(c1ccccc1)C(C=O)N2. The number of aliphatic hydroxyl groups excluding tert-OH is 1. The quantitative estimate of drug-likeness (QED) is 0.348. The number of nitrogens with one attached hydrogen (secondary N) is 1. The number of aldehydes is 1. The number of hydrogen-bond acceptors (Lipinski definition) is 5. The van der Waals surface area contributed by atoms with Crippen molar-refractivity contribution in [3.8, 4) is 28.0 Å². The van der Waals surface area contributed by atoms with Gasteiger partial charge < -0.3 is 20.0 Å². The molecule has 32 heavy (non-hydrogen) atoms. The molecule has 2 N–H and O–H groups in total. The van der Waals surface area contributed by atoms with E-state index < -0.39 is 6.04 Å². The van der Waals surface area contributed by atoms with E-state index in [9.17, 15) is 9.90 Å². The molecule has 0 fully saturated rings. The van der Waals surface area contributed by atoms with Gasteiger partial charge in [-0.1, -0.05) is 78.9 Å². The molecule has 0 bridgehead atoms. The van der Waals surface area contributed by atoms with E-state index in [1.807, 2.05) is 84.2 Å². The molecule has 0 spiro atoms. The molecular weight excluding hydrogens is 418 g/mol. The van der Waals surface area contributed by atoms with Crippen molar-refractivity contribution in [2.24, 2.45) is 0 Å². The van der Waals surface area contributed by atoms with Gasteiger partial charge in [0.1, 0.15) is 28.8 Å². The number of hydrogen-bond donors (Lipinski definition) is 2. The zero-order valence-electron chi connectivity index (χ0n) is 17.4. The predicted octanol–water partition coefficient (Wildman–Crippen LogP) is 6.51. The highest BCUT2D eigenvalue weighted by Crippen LogP contribution is 2.49. The number of ether oxygens (including phenoxy) is 1. The topological polar surface area (TPSA) is 58.6 Å². The fourth-order valence-electron chi connectivity index (χ4n) is 4.24. The summed E-state index contributed by atoms with van der Waals surface area (Å²) in [6.45, 7) is 0. The molecule has 0 radical (unpaired) electrons. The van der Waals surface area contributed by atoms with Crippen LogP contribution in [-0.4, -0.2) is 24.5 Å². The molecule has 3 aromatic carbocycles. The Balaban J connectivity index is 1.72. The first-order valence-electron chi connectivity index (χ1n) is 10.3. The lowest BCUT2D eigenvalue weighted by Crippen LogP contribution is -2.27. The van der Waals surface area contributed by atoms with Crippen LogP contribution in [0.4, 0.5) is 5.00 Å². The standard InChI is InChI=1S/C27H21NO3S/c1-31-26-19(17-9-4-2-5-10-17)13-8-14-20(26)21-16-32-27-24(21)25(30)23(22(15-29)28-27)18-11-6-3-7-12-18/h2-16,22,28,30H,1H3. The Bertz CT molecular complexity index is 1310. The van der Waals surface area contributed by atoms with Crippen molar-refractivity contribution in [3.05, 3.63) is 95.4 Å². The smallest absolute Gasteiger partial charge is 0.146 e. The second kappa shape index (κ2) is 8.36. The van der Waals surface area contributed by atoms with Gasteiger partial charge in [-0.25, -0.2) is 0 Å². The van der Waals surface area contributed by atoms with E-state index in [0.29, 0.717) is 11.1 Å². The molecule has 1 aromatic heterocycles. The second-order valence-corrected chi connectivity index (χ2v) is 8.37. The molecule has 2 heterocycles. The van der Waals surface area contributed by atoms with E-state index >= 15 is 0 Å². The number of methoxy groups -OCH3 is 1. The Hall–Kier alpha value is -3.83. The van der Waals surface area contributed by atoms with Gasteiger partial charge in [0.15, 0.2) is 0 Å². The van der Waals surface area contributed by atoms with Gasteiger partial charge in [0.25, 0.3) is 0 Å². The molecule has 1 aliphatic rings. The number of benzene rings is 3. The first kappa shape index (κ1) is 20.1. The van der Waals surface area contributed by atoms with Gasteiger partial charge in [-0.15, -0.1) is 11.3 Å². The maximum absolute atomic E-state index is 11.9. The van der Waals surface area contributed by atoms with Gasteiger partial charge in [0, 0.05) is 27.6 Å². The van der Waals surface area contributed by atoms with Gasteiger partial charge in [0.05, 0.1) is 12.7 Å². The third-order valence-electron chi connectivity index (χ3n) is 5.70. The van der Waals surface area contributed by atoms with Gasteiger partial charge in [-0.2, -0.15) is 0 Å². The van der Waals surface area contributed by atoms with Crippen LogP contribution >= 0.6 is 11.3 Å². The largest absolute Gasteiger partial charge is 0.507 e. The fourth-order valence-corrected chi connectivity index (χ4v) is 5.24. The number of anilines is 1. The molecule has 4 nitrogen and oxygen atoms in total. The Kier molecular flexibility index (Phi) is 5.25. The minimum atomic E-state index is -0.617. The number of rotatable bonds is 5. The van der Waals surface area contributed by atoms with Crippen molar-refractivity contribution in [1.82, 2.24) is 0 Å². The monoisotopic (exact) mass is 439 g/mol. The van der Waals surface area contributed by atoms with Gasteiger partial charge in [0.2, 0.25) is 0 Å². The van der Waals surface area contributed by atoms with E-state index in [4.69, 9.17) is 4.74 Å². The predicted molar refractivity (Wildman–Crippen MR) is 131 cm³/mol. The number of carbonyl (C=O) groups excluding carboxylic acids is 1.